The summed E-state index contributed by atoms with van der Waals surface area (Å²) in [7, 11) is 0. The van der Waals surface area contributed by atoms with Gasteiger partial charge in [-0.2, -0.15) is 4.98 Å². The molecule has 0 spiro atoms. The quantitative estimate of drug-likeness (QED) is 0.630. The summed E-state index contributed by atoms with van der Waals surface area (Å²) in [6, 6.07) is 17.8. The zero-order valence-corrected chi connectivity index (χ0v) is 15.9. The molecule has 3 rings (SSSR count). The molecular formula is C19H22Cl2N4O. The topological polar surface area (TPSA) is 68.2 Å². The third-order valence-electron chi connectivity index (χ3n) is 3.91. The molecule has 0 aliphatic rings. The summed E-state index contributed by atoms with van der Waals surface area (Å²) in [6.45, 7) is 2.83. The molecule has 5 nitrogen and oxygen atoms in total. The van der Waals surface area contributed by atoms with Gasteiger partial charge in [-0.25, -0.2) is 0 Å². The van der Waals surface area contributed by atoms with Crippen LogP contribution in [-0.2, 0) is 13.0 Å². The Labute approximate surface area is 164 Å². The number of nitrogens with two attached hydrogens (primary N) is 1. The number of rotatable bonds is 8. The van der Waals surface area contributed by atoms with Gasteiger partial charge < -0.3 is 10.3 Å². The van der Waals surface area contributed by atoms with Gasteiger partial charge in [0.15, 0.2) is 0 Å². The minimum absolute atomic E-state index is 0. The molecule has 0 bridgehead atoms. The standard InChI is InChI=1S/C19H21ClN4O.ClH/c20-17-8-4-7-16(13-17)19-22-18(25-23-19)14-24(12-10-21)11-9-15-5-2-1-3-6-15;/h1-8,13H,9-12,14,21H2;1H. The molecule has 3 aromatic rings. The Kier molecular flexibility index (Phi) is 8.06. The maximum atomic E-state index is 6.02. The molecule has 0 unspecified atom stereocenters. The smallest absolute Gasteiger partial charge is 0.241 e. The zero-order valence-electron chi connectivity index (χ0n) is 14.3. The van der Waals surface area contributed by atoms with Crippen LogP contribution in [0, 0.1) is 0 Å². The Bertz CT molecular complexity index is 795. The van der Waals surface area contributed by atoms with Gasteiger partial charge in [0.2, 0.25) is 11.7 Å². The van der Waals surface area contributed by atoms with Gasteiger partial charge in [-0.3, -0.25) is 4.90 Å². The molecule has 0 saturated carbocycles. The Morgan fingerprint density at radius 2 is 1.85 bits per heavy atom. The van der Waals surface area contributed by atoms with Crippen LogP contribution in [0.2, 0.25) is 5.02 Å². The third-order valence-corrected chi connectivity index (χ3v) is 4.15. The van der Waals surface area contributed by atoms with Crippen molar-refractivity contribution in [1.29, 1.82) is 0 Å². The molecule has 0 aliphatic carbocycles. The molecule has 7 heteroatoms. The highest BCUT2D eigenvalue weighted by Gasteiger charge is 2.13. The Morgan fingerprint density at radius 1 is 1.04 bits per heavy atom. The lowest BCUT2D eigenvalue weighted by molar-refractivity contribution is 0.234. The fraction of sp³-hybridized carbons (Fsp3) is 0.263. The number of hydrogen-bond acceptors (Lipinski definition) is 5. The second-order valence-electron chi connectivity index (χ2n) is 5.82. The molecule has 2 N–H and O–H groups in total. The molecule has 0 fully saturated rings. The molecular weight excluding hydrogens is 371 g/mol. The number of benzene rings is 2. The first-order chi connectivity index (χ1) is 12.2. The highest BCUT2D eigenvalue weighted by atomic mass is 35.5. The molecule has 0 atom stereocenters. The van der Waals surface area contributed by atoms with Crippen molar-refractivity contribution in [2.45, 2.75) is 13.0 Å². The first-order valence-corrected chi connectivity index (χ1v) is 8.67. The molecule has 138 valence electrons. The van der Waals surface area contributed by atoms with Crippen LogP contribution >= 0.6 is 24.0 Å². The molecule has 0 aliphatic heterocycles. The van der Waals surface area contributed by atoms with Crippen LogP contribution in [0.15, 0.2) is 59.1 Å². The van der Waals surface area contributed by atoms with E-state index in [0.717, 1.165) is 25.1 Å². The van der Waals surface area contributed by atoms with Crippen molar-refractivity contribution in [2.24, 2.45) is 5.73 Å². The molecule has 1 aromatic heterocycles. The molecule has 0 amide bonds. The van der Waals surface area contributed by atoms with E-state index in [-0.39, 0.29) is 12.4 Å². The highest BCUT2D eigenvalue weighted by molar-refractivity contribution is 6.30. The summed E-state index contributed by atoms with van der Waals surface area (Å²) in [5.41, 5.74) is 7.89. The minimum atomic E-state index is 0. The third kappa shape index (κ3) is 5.81. The minimum Gasteiger partial charge on any atom is -0.338 e. The van der Waals surface area contributed by atoms with Crippen molar-refractivity contribution in [3.63, 3.8) is 0 Å². The van der Waals surface area contributed by atoms with Crippen molar-refractivity contribution in [3.8, 4) is 11.4 Å². The van der Waals surface area contributed by atoms with Crippen LogP contribution in [-0.4, -0.2) is 34.7 Å². The van der Waals surface area contributed by atoms with Gasteiger partial charge in [-0.15, -0.1) is 12.4 Å². The number of hydrogen-bond donors (Lipinski definition) is 1. The van der Waals surface area contributed by atoms with E-state index in [1.807, 2.05) is 30.3 Å². The van der Waals surface area contributed by atoms with E-state index in [1.165, 1.54) is 5.56 Å². The lowest BCUT2D eigenvalue weighted by atomic mass is 10.1. The number of aromatic nitrogens is 2. The average molecular weight is 393 g/mol. The van der Waals surface area contributed by atoms with Gasteiger partial charge in [-0.1, -0.05) is 59.2 Å². The predicted molar refractivity (Wildman–Crippen MR) is 106 cm³/mol. The van der Waals surface area contributed by atoms with E-state index in [9.17, 15) is 0 Å². The van der Waals surface area contributed by atoms with E-state index in [0.29, 0.717) is 29.8 Å². The van der Waals surface area contributed by atoms with Crippen LogP contribution < -0.4 is 5.73 Å². The Hall–Kier alpha value is -1.92. The monoisotopic (exact) mass is 392 g/mol. The molecule has 0 radical (unpaired) electrons. The summed E-state index contributed by atoms with van der Waals surface area (Å²) >= 11 is 6.02. The van der Waals surface area contributed by atoms with Crippen molar-refractivity contribution < 1.29 is 4.52 Å². The zero-order chi connectivity index (χ0) is 17.5. The van der Waals surface area contributed by atoms with E-state index >= 15 is 0 Å². The van der Waals surface area contributed by atoms with Crippen LogP contribution in [0.3, 0.4) is 0 Å². The van der Waals surface area contributed by atoms with E-state index in [2.05, 4.69) is 39.3 Å². The first kappa shape index (κ1) is 20.4. The molecule has 2 aromatic carbocycles. The van der Waals surface area contributed by atoms with Gasteiger partial charge >= 0.3 is 0 Å². The van der Waals surface area contributed by atoms with Crippen molar-refractivity contribution in [2.75, 3.05) is 19.6 Å². The summed E-state index contributed by atoms with van der Waals surface area (Å²) < 4.78 is 5.40. The second kappa shape index (κ2) is 10.3. The molecule has 0 saturated heterocycles. The predicted octanol–water partition coefficient (Wildman–Crippen LogP) is 3.82. The fourth-order valence-corrected chi connectivity index (χ4v) is 2.83. The van der Waals surface area contributed by atoms with E-state index in [4.69, 9.17) is 21.9 Å². The Morgan fingerprint density at radius 3 is 2.58 bits per heavy atom. The van der Waals surface area contributed by atoms with Crippen LogP contribution in [0.1, 0.15) is 11.5 Å². The maximum absolute atomic E-state index is 6.02. The first-order valence-electron chi connectivity index (χ1n) is 8.29. The summed E-state index contributed by atoms with van der Waals surface area (Å²) in [5, 5.41) is 4.71. The summed E-state index contributed by atoms with van der Waals surface area (Å²) in [4.78, 5) is 6.70. The largest absolute Gasteiger partial charge is 0.338 e. The van der Waals surface area contributed by atoms with Crippen LogP contribution in [0.5, 0.6) is 0 Å². The summed E-state index contributed by atoms with van der Waals surface area (Å²) in [5.74, 6) is 1.13. The molecule has 26 heavy (non-hydrogen) atoms. The summed E-state index contributed by atoms with van der Waals surface area (Å²) in [6.07, 6.45) is 0.954. The van der Waals surface area contributed by atoms with Gasteiger partial charge in [0.1, 0.15) is 0 Å². The highest BCUT2D eigenvalue weighted by Crippen LogP contribution is 2.20. The fourth-order valence-electron chi connectivity index (χ4n) is 2.64. The van der Waals surface area contributed by atoms with E-state index in [1.54, 1.807) is 0 Å². The second-order valence-corrected chi connectivity index (χ2v) is 6.26. The van der Waals surface area contributed by atoms with Crippen molar-refractivity contribution in [3.05, 3.63) is 71.1 Å². The van der Waals surface area contributed by atoms with Crippen LogP contribution in [0.4, 0.5) is 0 Å². The normalized spacial score (nSPS) is 10.7. The maximum Gasteiger partial charge on any atom is 0.241 e. The number of nitrogens with zero attached hydrogens (tertiary/aromatic N) is 3. The average Bonchev–Trinajstić information content (AvgIpc) is 3.09. The van der Waals surface area contributed by atoms with Crippen molar-refractivity contribution >= 4 is 24.0 Å². The Balaban J connectivity index is 0.00000243. The van der Waals surface area contributed by atoms with Gasteiger partial charge in [-0.05, 0) is 24.1 Å². The lowest BCUT2D eigenvalue weighted by Gasteiger charge is -2.19. The van der Waals surface area contributed by atoms with E-state index < -0.39 is 0 Å². The molecule has 1 heterocycles. The van der Waals surface area contributed by atoms with Gasteiger partial charge in [0, 0.05) is 30.2 Å². The number of halogens is 2. The van der Waals surface area contributed by atoms with Gasteiger partial charge in [0.25, 0.3) is 0 Å². The SMILES string of the molecule is Cl.NCCN(CCc1ccccc1)Cc1nc(-c2cccc(Cl)c2)no1. The lowest BCUT2D eigenvalue weighted by Crippen LogP contribution is -2.31. The van der Waals surface area contributed by atoms with Crippen molar-refractivity contribution in [1.82, 2.24) is 15.0 Å². The van der Waals surface area contributed by atoms with Gasteiger partial charge in [0.05, 0.1) is 6.54 Å². The van der Waals surface area contributed by atoms with Crippen LogP contribution in [0.25, 0.3) is 11.4 Å².